The standard InChI is InChI=1S/C13H19NO3S2/c1-8-6-18-11(12(16)17-5)10(8)14-9(15)7-19-13(2,3)4/h6H,7H2,1-5H3,(H,14,15). The van der Waals surface area contributed by atoms with Crippen molar-refractivity contribution in [1.29, 1.82) is 0 Å². The highest BCUT2D eigenvalue weighted by Gasteiger charge is 2.19. The van der Waals surface area contributed by atoms with Crippen molar-refractivity contribution in [2.75, 3.05) is 18.2 Å². The average Bonchev–Trinajstić information content (AvgIpc) is 2.67. The van der Waals surface area contributed by atoms with Gasteiger partial charge in [-0.25, -0.2) is 4.79 Å². The lowest BCUT2D eigenvalue weighted by atomic mass is 10.2. The molecular weight excluding hydrogens is 282 g/mol. The highest BCUT2D eigenvalue weighted by atomic mass is 32.2. The summed E-state index contributed by atoms with van der Waals surface area (Å²) in [5, 5.41) is 4.63. The zero-order valence-electron chi connectivity index (χ0n) is 11.8. The molecule has 0 aliphatic heterocycles. The maximum atomic E-state index is 11.9. The quantitative estimate of drug-likeness (QED) is 0.867. The van der Waals surface area contributed by atoms with Crippen LogP contribution in [0.5, 0.6) is 0 Å². The fourth-order valence-electron chi connectivity index (χ4n) is 1.30. The molecule has 4 nitrogen and oxygen atoms in total. The van der Waals surface area contributed by atoms with Crippen molar-refractivity contribution in [3.8, 4) is 0 Å². The van der Waals surface area contributed by atoms with E-state index in [2.05, 4.69) is 26.1 Å². The summed E-state index contributed by atoms with van der Waals surface area (Å²) in [4.78, 5) is 23.9. The molecule has 0 unspecified atom stereocenters. The second kappa shape index (κ2) is 6.43. The molecule has 6 heteroatoms. The Hall–Kier alpha value is -1.01. The predicted octanol–water partition coefficient (Wildman–Crippen LogP) is 3.31. The van der Waals surface area contributed by atoms with Gasteiger partial charge in [-0.15, -0.1) is 23.1 Å². The van der Waals surface area contributed by atoms with Crippen molar-refractivity contribution >= 4 is 40.7 Å². The van der Waals surface area contributed by atoms with Crippen molar-refractivity contribution in [1.82, 2.24) is 0 Å². The highest BCUT2D eigenvalue weighted by molar-refractivity contribution is 8.01. The van der Waals surface area contributed by atoms with E-state index in [4.69, 9.17) is 4.74 Å². The van der Waals surface area contributed by atoms with Crippen LogP contribution in [0.15, 0.2) is 5.38 Å². The third-order valence-electron chi connectivity index (χ3n) is 2.25. The lowest BCUT2D eigenvalue weighted by Crippen LogP contribution is -2.20. The smallest absolute Gasteiger partial charge is 0.350 e. The van der Waals surface area contributed by atoms with Crippen LogP contribution >= 0.6 is 23.1 Å². The fraction of sp³-hybridized carbons (Fsp3) is 0.538. The van der Waals surface area contributed by atoms with Crippen LogP contribution in [0, 0.1) is 6.92 Å². The van der Waals surface area contributed by atoms with Crippen molar-refractivity contribution < 1.29 is 14.3 Å². The maximum Gasteiger partial charge on any atom is 0.350 e. The monoisotopic (exact) mass is 301 g/mol. The minimum absolute atomic E-state index is 0.0339. The predicted molar refractivity (Wildman–Crippen MR) is 81.2 cm³/mol. The number of anilines is 1. The van der Waals surface area contributed by atoms with Gasteiger partial charge in [-0.05, 0) is 17.9 Å². The summed E-state index contributed by atoms with van der Waals surface area (Å²) >= 11 is 2.84. The molecule has 0 aliphatic carbocycles. The average molecular weight is 301 g/mol. The number of nitrogens with one attached hydrogen (secondary N) is 1. The largest absolute Gasteiger partial charge is 0.465 e. The van der Waals surface area contributed by atoms with E-state index >= 15 is 0 Å². The Morgan fingerprint density at radius 3 is 2.58 bits per heavy atom. The minimum atomic E-state index is -0.420. The van der Waals surface area contributed by atoms with Crippen LogP contribution in [0.4, 0.5) is 5.69 Å². The molecule has 1 aromatic rings. The van der Waals surface area contributed by atoms with Gasteiger partial charge in [0.05, 0.1) is 18.6 Å². The Morgan fingerprint density at radius 1 is 1.42 bits per heavy atom. The van der Waals surface area contributed by atoms with E-state index in [1.54, 1.807) is 11.8 Å². The van der Waals surface area contributed by atoms with Crippen LogP contribution in [0.1, 0.15) is 36.0 Å². The molecule has 1 aromatic heterocycles. The second-order valence-corrected chi connectivity index (χ2v) is 7.75. The molecule has 19 heavy (non-hydrogen) atoms. The summed E-state index contributed by atoms with van der Waals surface area (Å²) in [5.41, 5.74) is 1.44. The zero-order valence-corrected chi connectivity index (χ0v) is 13.5. The van der Waals surface area contributed by atoms with E-state index in [0.29, 0.717) is 16.3 Å². The van der Waals surface area contributed by atoms with Crippen molar-refractivity contribution in [3.63, 3.8) is 0 Å². The summed E-state index contributed by atoms with van der Waals surface area (Å²) in [7, 11) is 1.33. The van der Waals surface area contributed by atoms with Gasteiger partial charge in [0.1, 0.15) is 4.88 Å². The first-order chi connectivity index (χ1) is 8.74. The molecule has 1 heterocycles. The first-order valence-electron chi connectivity index (χ1n) is 5.85. The summed E-state index contributed by atoms with van der Waals surface area (Å²) in [6, 6.07) is 0. The van der Waals surface area contributed by atoms with Crippen LogP contribution in [0.2, 0.25) is 0 Å². The normalized spacial score (nSPS) is 11.2. The number of ether oxygens (including phenoxy) is 1. The van der Waals surface area contributed by atoms with Gasteiger partial charge < -0.3 is 10.1 Å². The van der Waals surface area contributed by atoms with E-state index in [0.717, 1.165) is 5.56 Å². The Balaban J connectivity index is 2.74. The summed E-state index contributed by atoms with van der Waals surface area (Å²) in [6.45, 7) is 8.03. The van der Waals surface area contributed by atoms with E-state index in [1.165, 1.54) is 18.4 Å². The molecule has 0 radical (unpaired) electrons. The van der Waals surface area contributed by atoms with Crippen LogP contribution in [0.3, 0.4) is 0 Å². The fourth-order valence-corrected chi connectivity index (χ4v) is 2.86. The molecule has 0 aliphatic rings. The topological polar surface area (TPSA) is 55.4 Å². The molecule has 0 bridgehead atoms. The van der Waals surface area contributed by atoms with Crippen LogP contribution in [-0.4, -0.2) is 29.5 Å². The van der Waals surface area contributed by atoms with E-state index < -0.39 is 5.97 Å². The molecule has 1 amide bonds. The van der Waals surface area contributed by atoms with Gasteiger partial charge in [0.2, 0.25) is 5.91 Å². The van der Waals surface area contributed by atoms with Gasteiger partial charge in [0, 0.05) is 4.75 Å². The number of hydrogen-bond donors (Lipinski definition) is 1. The van der Waals surface area contributed by atoms with Gasteiger partial charge in [0.25, 0.3) is 0 Å². The highest BCUT2D eigenvalue weighted by Crippen LogP contribution is 2.29. The minimum Gasteiger partial charge on any atom is -0.465 e. The van der Waals surface area contributed by atoms with Crippen LogP contribution in [-0.2, 0) is 9.53 Å². The summed E-state index contributed by atoms with van der Waals surface area (Å²) < 4.78 is 4.73. The zero-order chi connectivity index (χ0) is 14.6. The number of thioether (sulfide) groups is 1. The molecular formula is C13H19NO3S2. The molecule has 1 rings (SSSR count). The molecule has 0 spiro atoms. The Labute approximate surface area is 121 Å². The van der Waals surface area contributed by atoms with Crippen LogP contribution in [0.25, 0.3) is 0 Å². The van der Waals surface area contributed by atoms with Crippen LogP contribution < -0.4 is 5.32 Å². The first-order valence-corrected chi connectivity index (χ1v) is 7.71. The molecule has 0 saturated heterocycles. The lowest BCUT2D eigenvalue weighted by Gasteiger charge is -2.17. The maximum absolute atomic E-state index is 11.9. The number of hydrogen-bond acceptors (Lipinski definition) is 5. The van der Waals surface area contributed by atoms with E-state index in [-0.39, 0.29) is 10.7 Å². The molecule has 0 atom stereocenters. The molecule has 0 saturated carbocycles. The Kier molecular flexibility index (Phi) is 5.43. The number of methoxy groups -OCH3 is 1. The van der Waals surface area contributed by atoms with Crippen molar-refractivity contribution in [3.05, 3.63) is 15.8 Å². The molecule has 106 valence electrons. The van der Waals surface area contributed by atoms with Crippen molar-refractivity contribution in [2.24, 2.45) is 0 Å². The van der Waals surface area contributed by atoms with Crippen molar-refractivity contribution in [2.45, 2.75) is 32.4 Å². The number of amides is 1. The van der Waals surface area contributed by atoms with Gasteiger partial charge in [-0.3, -0.25) is 4.79 Å². The molecule has 0 fully saturated rings. The lowest BCUT2D eigenvalue weighted by molar-refractivity contribution is -0.113. The number of carbonyl (C=O) groups excluding carboxylic acids is 2. The third-order valence-corrected chi connectivity index (χ3v) is 4.60. The number of rotatable bonds is 4. The van der Waals surface area contributed by atoms with E-state index in [1.807, 2.05) is 12.3 Å². The summed E-state index contributed by atoms with van der Waals surface area (Å²) in [6.07, 6.45) is 0. The van der Waals surface area contributed by atoms with Gasteiger partial charge in [-0.1, -0.05) is 20.8 Å². The van der Waals surface area contributed by atoms with E-state index in [9.17, 15) is 9.59 Å². The summed E-state index contributed by atoms with van der Waals surface area (Å²) in [5.74, 6) is -0.164. The molecule has 1 N–H and O–H groups in total. The number of carbonyl (C=O) groups is 2. The number of aryl methyl sites for hydroxylation is 1. The third kappa shape index (κ3) is 4.87. The number of thiophene rings is 1. The van der Waals surface area contributed by atoms with Gasteiger partial charge in [0.15, 0.2) is 0 Å². The Morgan fingerprint density at radius 2 is 2.05 bits per heavy atom. The van der Waals surface area contributed by atoms with Gasteiger partial charge >= 0.3 is 5.97 Å². The Bertz CT molecular complexity index is 475. The second-order valence-electron chi connectivity index (χ2n) is 5.06. The first kappa shape index (κ1) is 16.0. The molecule has 0 aromatic carbocycles. The van der Waals surface area contributed by atoms with Gasteiger partial charge in [-0.2, -0.15) is 0 Å². The number of esters is 1. The SMILES string of the molecule is COC(=O)c1scc(C)c1NC(=O)CSC(C)(C)C.